The molecule has 0 unspecified atom stereocenters. The summed E-state index contributed by atoms with van der Waals surface area (Å²) in [6.45, 7) is 6.15. The molecule has 4 heteroatoms. The molecule has 3 nitrogen and oxygen atoms in total. The molecular formula is C9H21NO2S. The summed E-state index contributed by atoms with van der Waals surface area (Å²) in [4.78, 5) is 0. The molecule has 0 aliphatic carbocycles. The van der Waals surface area contributed by atoms with Crippen molar-refractivity contribution in [1.82, 2.24) is 5.32 Å². The molecule has 0 aliphatic heterocycles. The summed E-state index contributed by atoms with van der Waals surface area (Å²) in [6, 6.07) is 0. The maximum absolute atomic E-state index is 10.7. The van der Waals surface area contributed by atoms with Gasteiger partial charge in [0.25, 0.3) is 0 Å². The first-order chi connectivity index (χ1) is 5.92. The molecule has 0 heterocycles. The molecule has 1 N–H and O–H groups in total. The largest absolute Gasteiger partial charge is 0.317 e. The predicted molar refractivity (Wildman–Crippen MR) is 56.7 cm³/mol. The summed E-state index contributed by atoms with van der Waals surface area (Å²) in [5.74, 6) is 1.00. The standard InChI is InChI=1S/C9H21NO2S/c1-9(2)5-7-10-6-4-8-13(3,11)12/h9-10H,4-8H2,1-3H3. The van der Waals surface area contributed by atoms with E-state index in [4.69, 9.17) is 0 Å². The monoisotopic (exact) mass is 207 g/mol. The molecular weight excluding hydrogens is 186 g/mol. The quantitative estimate of drug-likeness (QED) is 0.635. The SMILES string of the molecule is CC(C)CCNCCCS(C)(=O)=O. The Labute approximate surface area is 81.8 Å². The van der Waals surface area contributed by atoms with Crippen LogP contribution in [0.2, 0.25) is 0 Å². The van der Waals surface area contributed by atoms with Gasteiger partial charge < -0.3 is 5.32 Å². The molecule has 0 rings (SSSR count). The minimum absolute atomic E-state index is 0.293. The topological polar surface area (TPSA) is 46.2 Å². The van der Waals surface area contributed by atoms with Crippen LogP contribution in [-0.4, -0.2) is 33.5 Å². The smallest absolute Gasteiger partial charge is 0.147 e. The van der Waals surface area contributed by atoms with Gasteiger partial charge in [-0.1, -0.05) is 13.8 Å². The van der Waals surface area contributed by atoms with E-state index in [1.807, 2.05) is 0 Å². The molecule has 0 spiro atoms. The number of sulfone groups is 1. The maximum atomic E-state index is 10.7. The summed E-state index contributed by atoms with van der Waals surface area (Å²) in [5, 5.41) is 3.22. The summed E-state index contributed by atoms with van der Waals surface area (Å²) >= 11 is 0. The normalized spacial score (nSPS) is 12.3. The molecule has 0 aromatic rings. The maximum Gasteiger partial charge on any atom is 0.147 e. The zero-order valence-corrected chi connectivity index (χ0v) is 9.65. The van der Waals surface area contributed by atoms with Crippen molar-refractivity contribution >= 4 is 9.84 Å². The zero-order chi connectivity index (χ0) is 10.3. The summed E-state index contributed by atoms with van der Waals surface area (Å²) in [6.07, 6.45) is 3.15. The van der Waals surface area contributed by atoms with Crippen molar-refractivity contribution in [2.24, 2.45) is 5.92 Å². The van der Waals surface area contributed by atoms with Gasteiger partial charge >= 0.3 is 0 Å². The fraction of sp³-hybridized carbons (Fsp3) is 1.00. The lowest BCUT2D eigenvalue weighted by Gasteiger charge is -2.05. The molecule has 0 aromatic carbocycles. The van der Waals surface area contributed by atoms with Crippen LogP contribution in [0.15, 0.2) is 0 Å². The highest BCUT2D eigenvalue weighted by atomic mass is 32.2. The van der Waals surface area contributed by atoms with Gasteiger partial charge in [-0.3, -0.25) is 0 Å². The van der Waals surface area contributed by atoms with Gasteiger partial charge in [0, 0.05) is 6.26 Å². The lowest BCUT2D eigenvalue weighted by Crippen LogP contribution is -2.20. The van der Waals surface area contributed by atoms with Crippen molar-refractivity contribution in [1.29, 1.82) is 0 Å². The zero-order valence-electron chi connectivity index (χ0n) is 8.84. The first-order valence-corrected chi connectivity index (χ1v) is 6.86. The summed E-state index contributed by atoms with van der Waals surface area (Å²) in [5.41, 5.74) is 0. The van der Waals surface area contributed by atoms with Crippen LogP contribution in [0.25, 0.3) is 0 Å². The molecule has 0 saturated heterocycles. The van der Waals surface area contributed by atoms with E-state index in [1.165, 1.54) is 6.26 Å². The molecule has 0 aliphatic rings. The van der Waals surface area contributed by atoms with E-state index < -0.39 is 9.84 Å². The Morgan fingerprint density at radius 2 is 1.85 bits per heavy atom. The number of rotatable bonds is 7. The van der Waals surface area contributed by atoms with Gasteiger partial charge in [0.05, 0.1) is 5.75 Å². The molecule has 0 saturated carbocycles. The van der Waals surface area contributed by atoms with Crippen molar-refractivity contribution < 1.29 is 8.42 Å². The molecule has 0 amide bonds. The molecule has 0 fully saturated rings. The summed E-state index contributed by atoms with van der Waals surface area (Å²) in [7, 11) is -2.77. The Hall–Kier alpha value is -0.0900. The van der Waals surface area contributed by atoms with E-state index in [2.05, 4.69) is 19.2 Å². The Bertz CT molecular complexity index is 210. The van der Waals surface area contributed by atoms with Crippen molar-refractivity contribution in [3.05, 3.63) is 0 Å². The minimum atomic E-state index is -2.77. The van der Waals surface area contributed by atoms with Gasteiger partial charge in [-0.2, -0.15) is 0 Å². The lowest BCUT2D eigenvalue weighted by molar-refractivity contribution is 0.535. The third-order valence-electron chi connectivity index (χ3n) is 1.77. The lowest BCUT2D eigenvalue weighted by atomic mass is 10.1. The van der Waals surface area contributed by atoms with Gasteiger partial charge in [0.15, 0.2) is 0 Å². The Morgan fingerprint density at radius 1 is 1.23 bits per heavy atom. The van der Waals surface area contributed by atoms with Gasteiger partial charge in [-0.25, -0.2) is 8.42 Å². The van der Waals surface area contributed by atoms with Crippen molar-refractivity contribution in [3.63, 3.8) is 0 Å². The van der Waals surface area contributed by atoms with E-state index in [0.29, 0.717) is 11.7 Å². The van der Waals surface area contributed by atoms with Crippen molar-refractivity contribution in [3.8, 4) is 0 Å². The highest BCUT2D eigenvalue weighted by Gasteiger charge is 2.00. The molecule has 0 atom stereocenters. The van der Waals surface area contributed by atoms with Crippen LogP contribution in [0.1, 0.15) is 26.7 Å². The number of nitrogens with one attached hydrogen (secondary N) is 1. The molecule has 0 radical (unpaired) electrons. The average molecular weight is 207 g/mol. The summed E-state index contributed by atoms with van der Waals surface area (Å²) < 4.78 is 21.5. The van der Waals surface area contributed by atoms with Crippen molar-refractivity contribution in [2.75, 3.05) is 25.1 Å². The van der Waals surface area contributed by atoms with Gasteiger partial charge in [-0.15, -0.1) is 0 Å². The molecule has 0 bridgehead atoms. The minimum Gasteiger partial charge on any atom is -0.317 e. The molecule has 0 aromatic heterocycles. The average Bonchev–Trinajstić information content (AvgIpc) is 1.93. The first-order valence-electron chi connectivity index (χ1n) is 4.80. The van der Waals surface area contributed by atoms with Crippen LogP contribution in [0, 0.1) is 5.92 Å². The van der Waals surface area contributed by atoms with Crippen LogP contribution >= 0.6 is 0 Å². The second-order valence-corrected chi connectivity index (χ2v) is 6.18. The third kappa shape index (κ3) is 11.9. The van der Waals surface area contributed by atoms with E-state index >= 15 is 0 Å². The molecule has 13 heavy (non-hydrogen) atoms. The Morgan fingerprint density at radius 3 is 2.31 bits per heavy atom. The Balaban J connectivity index is 3.18. The Kier molecular flexibility index (Phi) is 6.33. The fourth-order valence-electron chi connectivity index (χ4n) is 0.975. The highest BCUT2D eigenvalue weighted by molar-refractivity contribution is 7.90. The highest BCUT2D eigenvalue weighted by Crippen LogP contribution is 1.96. The van der Waals surface area contributed by atoms with E-state index in [-0.39, 0.29) is 0 Å². The van der Waals surface area contributed by atoms with Gasteiger partial charge in [0.2, 0.25) is 0 Å². The molecule has 80 valence electrons. The van der Waals surface area contributed by atoms with E-state index in [0.717, 1.165) is 25.9 Å². The van der Waals surface area contributed by atoms with Crippen LogP contribution in [0.3, 0.4) is 0 Å². The second-order valence-electron chi connectivity index (χ2n) is 3.92. The van der Waals surface area contributed by atoms with Gasteiger partial charge in [0.1, 0.15) is 9.84 Å². The first kappa shape index (κ1) is 12.9. The van der Waals surface area contributed by atoms with Crippen molar-refractivity contribution in [2.45, 2.75) is 26.7 Å². The van der Waals surface area contributed by atoms with Crippen LogP contribution in [0.5, 0.6) is 0 Å². The fourth-order valence-corrected chi connectivity index (χ4v) is 1.64. The third-order valence-corrected chi connectivity index (χ3v) is 2.80. The second kappa shape index (κ2) is 6.38. The van der Waals surface area contributed by atoms with E-state index in [1.54, 1.807) is 0 Å². The number of hydrogen-bond acceptors (Lipinski definition) is 3. The van der Waals surface area contributed by atoms with E-state index in [9.17, 15) is 8.42 Å². The van der Waals surface area contributed by atoms with Crippen LogP contribution in [0.4, 0.5) is 0 Å². The number of hydrogen-bond donors (Lipinski definition) is 1. The predicted octanol–water partition coefficient (Wildman–Crippen LogP) is 1.06. The van der Waals surface area contributed by atoms with Gasteiger partial charge in [-0.05, 0) is 31.8 Å². The van der Waals surface area contributed by atoms with Crippen LogP contribution in [-0.2, 0) is 9.84 Å². The van der Waals surface area contributed by atoms with Crippen LogP contribution < -0.4 is 5.32 Å².